The lowest BCUT2D eigenvalue weighted by molar-refractivity contribution is 0.0134. The van der Waals surface area contributed by atoms with Crippen LogP contribution in [0, 0.1) is 5.82 Å². The molecule has 1 aromatic rings. The molecule has 0 spiro atoms. The lowest BCUT2D eigenvalue weighted by Gasteiger charge is -2.42. The van der Waals surface area contributed by atoms with E-state index in [1.807, 2.05) is 0 Å². The van der Waals surface area contributed by atoms with Crippen LogP contribution in [0.1, 0.15) is 39.2 Å². The quantitative estimate of drug-likeness (QED) is 0.743. The Kier molecular flexibility index (Phi) is 5.97. The number of nitrogens with zero attached hydrogens (tertiary/aromatic N) is 1. The Bertz CT molecular complexity index is 732. The van der Waals surface area contributed by atoms with Gasteiger partial charge in [0.25, 0.3) is 10.1 Å². The molecule has 0 bridgehead atoms. The topological polar surface area (TPSA) is 72.9 Å². The highest BCUT2D eigenvalue weighted by atomic mass is 32.2. The monoisotopic (exact) mass is 387 g/mol. The minimum atomic E-state index is -3.61. The van der Waals surface area contributed by atoms with Crippen molar-refractivity contribution in [2.45, 2.75) is 44.6 Å². The van der Waals surface area contributed by atoms with Crippen LogP contribution in [0.3, 0.4) is 0 Å². The van der Waals surface area contributed by atoms with E-state index in [-0.39, 0.29) is 12.4 Å². The van der Waals surface area contributed by atoms with Crippen molar-refractivity contribution in [3.8, 4) is 0 Å². The number of hydrogen-bond donors (Lipinski definition) is 0. The zero-order chi connectivity index (χ0) is 19.6. The molecule has 1 aromatic carbocycles. The number of carbonyl (C=O) groups is 1. The summed E-state index contributed by atoms with van der Waals surface area (Å²) >= 11 is 0. The lowest BCUT2D eigenvalue weighted by atomic mass is 9.73. The van der Waals surface area contributed by atoms with Crippen LogP contribution in [0.4, 0.5) is 9.18 Å². The Morgan fingerprint density at radius 2 is 1.73 bits per heavy atom. The number of benzene rings is 1. The minimum Gasteiger partial charge on any atom is -0.444 e. The minimum absolute atomic E-state index is 0.0420. The largest absolute Gasteiger partial charge is 0.444 e. The fourth-order valence-corrected chi connectivity index (χ4v) is 3.42. The normalized spacial score (nSPS) is 17.8. The Morgan fingerprint density at radius 3 is 2.19 bits per heavy atom. The number of amides is 1. The van der Waals surface area contributed by atoms with E-state index in [1.54, 1.807) is 37.8 Å². The molecule has 1 aliphatic rings. The second-order valence-electron chi connectivity index (χ2n) is 7.72. The van der Waals surface area contributed by atoms with Crippen LogP contribution in [-0.2, 0) is 24.5 Å². The van der Waals surface area contributed by atoms with E-state index in [4.69, 9.17) is 8.92 Å². The zero-order valence-electron chi connectivity index (χ0n) is 15.6. The van der Waals surface area contributed by atoms with Gasteiger partial charge in [0.1, 0.15) is 11.4 Å². The van der Waals surface area contributed by atoms with Gasteiger partial charge in [-0.2, -0.15) is 8.42 Å². The predicted molar refractivity (Wildman–Crippen MR) is 95.9 cm³/mol. The molecule has 1 saturated heterocycles. The molecule has 0 atom stereocenters. The molecule has 6 nitrogen and oxygen atoms in total. The van der Waals surface area contributed by atoms with E-state index in [0.29, 0.717) is 25.9 Å². The van der Waals surface area contributed by atoms with Gasteiger partial charge >= 0.3 is 6.09 Å². The highest BCUT2D eigenvalue weighted by Gasteiger charge is 2.39. The van der Waals surface area contributed by atoms with Crippen molar-refractivity contribution in [2.24, 2.45) is 0 Å². The molecule has 0 unspecified atom stereocenters. The number of ether oxygens (including phenoxy) is 1. The van der Waals surface area contributed by atoms with Crippen molar-refractivity contribution in [3.63, 3.8) is 0 Å². The zero-order valence-corrected chi connectivity index (χ0v) is 16.4. The third-order valence-corrected chi connectivity index (χ3v) is 4.92. The van der Waals surface area contributed by atoms with Crippen LogP contribution in [-0.4, -0.2) is 51.0 Å². The van der Waals surface area contributed by atoms with Gasteiger partial charge < -0.3 is 9.64 Å². The molecule has 1 heterocycles. The fourth-order valence-electron chi connectivity index (χ4n) is 2.98. The number of likely N-dealkylation sites (tertiary alicyclic amines) is 1. The average molecular weight is 387 g/mol. The van der Waals surface area contributed by atoms with Crippen molar-refractivity contribution < 1.29 is 26.5 Å². The van der Waals surface area contributed by atoms with Gasteiger partial charge in [-0.05, 0) is 51.3 Å². The third-order valence-electron chi connectivity index (χ3n) is 4.38. The summed E-state index contributed by atoms with van der Waals surface area (Å²) in [4.78, 5) is 13.9. The molecule has 0 aromatic heterocycles. The van der Waals surface area contributed by atoms with Crippen molar-refractivity contribution in [3.05, 3.63) is 35.6 Å². The third kappa shape index (κ3) is 5.67. The highest BCUT2D eigenvalue weighted by molar-refractivity contribution is 7.85. The molecular weight excluding hydrogens is 361 g/mol. The molecule has 0 radical (unpaired) electrons. The maximum Gasteiger partial charge on any atom is 0.410 e. The summed E-state index contributed by atoms with van der Waals surface area (Å²) in [6, 6.07) is 5.98. The van der Waals surface area contributed by atoms with Gasteiger partial charge in [-0.25, -0.2) is 9.18 Å². The molecular formula is C18H26FNO5S. The molecule has 2 rings (SSSR count). The lowest BCUT2D eigenvalue weighted by Crippen LogP contribution is -2.48. The van der Waals surface area contributed by atoms with Crippen LogP contribution < -0.4 is 0 Å². The first-order valence-electron chi connectivity index (χ1n) is 8.49. The molecule has 1 fully saturated rings. The summed E-state index contributed by atoms with van der Waals surface area (Å²) in [5.41, 5.74) is -0.386. The van der Waals surface area contributed by atoms with Gasteiger partial charge in [-0.1, -0.05) is 12.1 Å². The van der Waals surface area contributed by atoms with Crippen LogP contribution in [0.5, 0.6) is 0 Å². The van der Waals surface area contributed by atoms with Crippen molar-refractivity contribution >= 4 is 16.2 Å². The Labute approximate surface area is 154 Å². The molecule has 0 saturated carbocycles. The first-order valence-corrected chi connectivity index (χ1v) is 10.3. The molecule has 1 amide bonds. The SMILES string of the molecule is CC(C)(C)OC(=O)N1CCC(COS(C)(=O)=O)(c2ccc(F)cc2)CC1. The summed E-state index contributed by atoms with van der Waals surface area (Å²) in [5, 5.41) is 0. The predicted octanol–water partition coefficient (Wildman–Crippen LogP) is 3.07. The summed E-state index contributed by atoms with van der Waals surface area (Å²) in [6.07, 6.45) is 1.59. The molecule has 0 aliphatic carbocycles. The number of carbonyl (C=O) groups excluding carboxylic acids is 1. The Balaban J connectivity index is 2.17. The smallest absolute Gasteiger partial charge is 0.410 e. The van der Waals surface area contributed by atoms with Gasteiger partial charge in [0.15, 0.2) is 0 Å². The Hall–Kier alpha value is -1.67. The van der Waals surface area contributed by atoms with E-state index in [9.17, 15) is 17.6 Å². The molecule has 146 valence electrons. The number of hydrogen-bond acceptors (Lipinski definition) is 5. The maximum atomic E-state index is 13.3. The van der Waals surface area contributed by atoms with Gasteiger partial charge in [0.2, 0.25) is 0 Å². The van der Waals surface area contributed by atoms with Crippen LogP contribution >= 0.6 is 0 Å². The van der Waals surface area contributed by atoms with Crippen molar-refractivity contribution in [1.82, 2.24) is 4.90 Å². The molecule has 0 N–H and O–H groups in total. The summed E-state index contributed by atoms with van der Waals surface area (Å²) < 4.78 is 46.7. The summed E-state index contributed by atoms with van der Waals surface area (Å²) in [6.45, 7) is 6.17. The Morgan fingerprint density at radius 1 is 1.19 bits per heavy atom. The van der Waals surface area contributed by atoms with Crippen LogP contribution in [0.2, 0.25) is 0 Å². The first-order chi connectivity index (χ1) is 11.9. The average Bonchev–Trinajstić information content (AvgIpc) is 2.52. The maximum absolute atomic E-state index is 13.3. The van der Waals surface area contributed by atoms with Crippen molar-refractivity contribution in [1.29, 1.82) is 0 Å². The number of piperidine rings is 1. The molecule has 26 heavy (non-hydrogen) atoms. The van der Waals surface area contributed by atoms with Crippen LogP contribution in [0.25, 0.3) is 0 Å². The summed E-state index contributed by atoms with van der Waals surface area (Å²) in [7, 11) is -3.61. The standard InChI is InChI=1S/C18H26FNO5S/c1-17(2,3)25-16(21)20-11-9-18(10-12-20,13-24-26(4,22)23)14-5-7-15(19)8-6-14/h5-8H,9-13H2,1-4H3. The van der Waals surface area contributed by atoms with Gasteiger partial charge in [0.05, 0.1) is 12.9 Å². The second-order valence-corrected chi connectivity index (χ2v) is 9.36. The van der Waals surface area contributed by atoms with Crippen LogP contribution in [0.15, 0.2) is 24.3 Å². The number of halogens is 1. The van der Waals surface area contributed by atoms with E-state index < -0.39 is 27.2 Å². The van der Waals surface area contributed by atoms with Gasteiger partial charge in [0, 0.05) is 18.5 Å². The van der Waals surface area contributed by atoms with E-state index >= 15 is 0 Å². The highest BCUT2D eigenvalue weighted by Crippen LogP contribution is 2.37. The van der Waals surface area contributed by atoms with Gasteiger partial charge in [-0.3, -0.25) is 4.18 Å². The van der Waals surface area contributed by atoms with E-state index in [1.165, 1.54) is 12.1 Å². The van der Waals surface area contributed by atoms with Crippen molar-refractivity contribution in [2.75, 3.05) is 26.0 Å². The first kappa shape index (κ1) is 20.6. The van der Waals surface area contributed by atoms with E-state index in [2.05, 4.69) is 0 Å². The number of rotatable bonds is 4. The van der Waals surface area contributed by atoms with E-state index in [0.717, 1.165) is 11.8 Å². The molecule has 1 aliphatic heterocycles. The summed E-state index contributed by atoms with van der Waals surface area (Å²) in [5.74, 6) is -0.362. The second kappa shape index (κ2) is 7.52. The molecule has 8 heteroatoms. The fraction of sp³-hybridized carbons (Fsp3) is 0.611. The van der Waals surface area contributed by atoms with Gasteiger partial charge in [-0.15, -0.1) is 0 Å².